The molecule has 1 aromatic rings. The molecule has 0 bridgehead atoms. The summed E-state index contributed by atoms with van der Waals surface area (Å²) in [6.07, 6.45) is -3.46. The molecule has 0 atom stereocenters. The molecule has 2 aliphatic heterocycles. The number of thiazole rings is 1. The minimum Gasteiger partial charge on any atom is -0.378 e. The number of aromatic nitrogens is 1. The van der Waals surface area contributed by atoms with E-state index in [0.717, 1.165) is 6.20 Å². The number of morpholine rings is 1. The monoisotopic (exact) mass is 364 g/mol. The van der Waals surface area contributed by atoms with Crippen molar-refractivity contribution in [2.45, 2.75) is 6.18 Å². The summed E-state index contributed by atoms with van der Waals surface area (Å²) in [4.78, 5) is 21.1. The Morgan fingerprint density at radius 3 is 2.42 bits per heavy atom. The number of ether oxygens (including phenoxy) is 1. The third-order valence-electron chi connectivity index (χ3n) is 4.14. The zero-order valence-corrected chi connectivity index (χ0v) is 13.9. The molecule has 1 amide bonds. The fourth-order valence-electron chi connectivity index (χ4n) is 2.74. The number of piperazine rings is 1. The van der Waals surface area contributed by atoms with Gasteiger partial charge in [-0.2, -0.15) is 13.2 Å². The zero-order chi connectivity index (χ0) is 17.2. The van der Waals surface area contributed by atoms with Crippen LogP contribution in [0.5, 0.6) is 0 Å². The number of carbonyl (C=O) groups excluding carboxylic acids is 1. The van der Waals surface area contributed by atoms with Crippen molar-refractivity contribution in [3.63, 3.8) is 0 Å². The lowest BCUT2D eigenvalue weighted by Crippen LogP contribution is -2.51. The first-order chi connectivity index (χ1) is 11.4. The highest BCUT2D eigenvalue weighted by Crippen LogP contribution is 2.36. The van der Waals surface area contributed by atoms with Crippen LogP contribution < -0.4 is 4.90 Å². The molecule has 0 aliphatic carbocycles. The lowest BCUT2D eigenvalue weighted by atomic mass is 10.3. The van der Waals surface area contributed by atoms with Crippen molar-refractivity contribution in [2.24, 2.45) is 0 Å². The van der Waals surface area contributed by atoms with E-state index in [9.17, 15) is 18.0 Å². The van der Waals surface area contributed by atoms with Crippen molar-refractivity contribution in [3.05, 3.63) is 11.1 Å². The van der Waals surface area contributed by atoms with Crippen molar-refractivity contribution in [2.75, 3.05) is 63.9 Å². The number of amides is 1. The van der Waals surface area contributed by atoms with Crippen LogP contribution in [0, 0.1) is 0 Å². The van der Waals surface area contributed by atoms with Crippen LogP contribution in [0.25, 0.3) is 0 Å². The number of nitrogens with zero attached hydrogens (tertiary/aromatic N) is 4. The van der Waals surface area contributed by atoms with E-state index >= 15 is 0 Å². The highest BCUT2D eigenvalue weighted by Gasteiger charge is 2.34. The van der Waals surface area contributed by atoms with Crippen molar-refractivity contribution in [3.8, 4) is 0 Å². The molecule has 2 saturated heterocycles. The first-order valence-corrected chi connectivity index (χ1v) is 8.61. The van der Waals surface area contributed by atoms with Gasteiger partial charge in [0.1, 0.15) is 4.88 Å². The molecule has 0 radical (unpaired) electrons. The summed E-state index contributed by atoms with van der Waals surface area (Å²) in [7, 11) is 0. The van der Waals surface area contributed by atoms with Gasteiger partial charge in [0.05, 0.1) is 26.0 Å². The lowest BCUT2D eigenvalue weighted by molar-refractivity contribution is -0.136. The van der Waals surface area contributed by atoms with Crippen molar-refractivity contribution in [1.82, 2.24) is 14.8 Å². The second-order valence-electron chi connectivity index (χ2n) is 5.76. The highest BCUT2D eigenvalue weighted by atomic mass is 32.1. The normalized spacial score (nSPS) is 20.5. The zero-order valence-electron chi connectivity index (χ0n) is 13.1. The molecule has 0 spiro atoms. The Kier molecular flexibility index (Phi) is 5.26. The number of hydrogen-bond donors (Lipinski definition) is 0. The van der Waals surface area contributed by atoms with Gasteiger partial charge >= 0.3 is 6.18 Å². The van der Waals surface area contributed by atoms with Gasteiger partial charge in [-0.3, -0.25) is 9.69 Å². The predicted octanol–water partition coefficient (Wildman–Crippen LogP) is 1.14. The molecule has 2 fully saturated rings. The van der Waals surface area contributed by atoms with Crippen LogP contribution in [0.1, 0.15) is 4.88 Å². The van der Waals surface area contributed by atoms with Crippen LogP contribution in [-0.4, -0.2) is 79.7 Å². The maximum atomic E-state index is 12.6. The fraction of sp³-hybridized carbons (Fsp3) is 0.714. The Balaban J connectivity index is 1.48. The molecule has 10 heteroatoms. The number of halogens is 3. The maximum Gasteiger partial charge on any atom is 0.427 e. The average molecular weight is 364 g/mol. The summed E-state index contributed by atoms with van der Waals surface area (Å²) in [5, 5.41) is 0.390. The largest absolute Gasteiger partial charge is 0.427 e. The van der Waals surface area contributed by atoms with E-state index in [4.69, 9.17) is 4.74 Å². The minimum atomic E-state index is -4.34. The van der Waals surface area contributed by atoms with Gasteiger partial charge in [0, 0.05) is 39.3 Å². The van der Waals surface area contributed by atoms with Crippen molar-refractivity contribution < 1.29 is 22.7 Å². The SMILES string of the molecule is O=C(CN1CCN(c2ncc(C(F)(F)F)s2)CC1)N1CCOCC1. The van der Waals surface area contributed by atoms with Gasteiger partial charge in [-0.1, -0.05) is 11.3 Å². The van der Waals surface area contributed by atoms with Crippen LogP contribution in [0.4, 0.5) is 18.3 Å². The van der Waals surface area contributed by atoms with Gasteiger partial charge in [-0.15, -0.1) is 0 Å². The number of anilines is 1. The van der Waals surface area contributed by atoms with E-state index in [1.807, 2.05) is 9.80 Å². The summed E-state index contributed by atoms with van der Waals surface area (Å²) >= 11 is 0.666. The fourth-order valence-corrected chi connectivity index (χ4v) is 3.58. The number of carbonyl (C=O) groups is 1. The summed E-state index contributed by atoms with van der Waals surface area (Å²) in [5.41, 5.74) is 0. The number of hydrogen-bond acceptors (Lipinski definition) is 6. The second kappa shape index (κ2) is 7.24. The molecule has 1 aromatic heterocycles. The Bertz CT molecular complexity index is 567. The third-order valence-corrected chi connectivity index (χ3v) is 5.24. The molecule has 2 aliphatic rings. The van der Waals surface area contributed by atoms with E-state index in [1.165, 1.54) is 0 Å². The highest BCUT2D eigenvalue weighted by molar-refractivity contribution is 7.15. The lowest BCUT2D eigenvalue weighted by Gasteiger charge is -2.35. The quantitative estimate of drug-likeness (QED) is 0.805. The second-order valence-corrected chi connectivity index (χ2v) is 6.77. The summed E-state index contributed by atoms with van der Waals surface area (Å²) in [6, 6.07) is 0. The van der Waals surface area contributed by atoms with Crippen LogP contribution in [0.15, 0.2) is 6.20 Å². The molecule has 134 valence electrons. The topological polar surface area (TPSA) is 48.9 Å². The summed E-state index contributed by atoms with van der Waals surface area (Å²) < 4.78 is 43.2. The first kappa shape index (κ1) is 17.4. The van der Waals surface area contributed by atoms with Gasteiger partial charge in [0.2, 0.25) is 5.91 Å². The summed E-state index contributed by atoms with van der Waals surface area (Å²) in [6.45, 7) is 5.16. The van der Waals surface area contributed by atoms with E-state index < -0.39 is 11.1 Å². The van der Waals surface area contributed by atoms with Crippen LogP contribution in [0.3, 0.4) is 0 Å². The summed E-state index contributed by atoms with van der Waals surface area (Å²) in [5.74, 6) is 0.0837. The molecular weight excluding hydrogens is 345 g/mol. The van der Waals surface area contributed by atoms with E-state index in [0.29, 0.717) is 75.5 Å². The number of alkyl halides is 3. The van der Waals surface area contributed by atoms with Gasteiger partial charge in [-0.05, 0) is 0 Å². The average Bonchev–Trinajstić information content (AvgIpc) is 3.07. The Morgan fingerprint density at radius 2 is 1.83 bits per heavy atom. The molecule has 0 aromatic carbocycles. The third kappa shape index (κ3) is 4.17. The molecule has 3 heterocycles. The van der Waals surface area contributed by atoms with Gasteiger partial charge in [0.25, 0.3) is 0 Å². The van der Waals surface area contributed by atoms with E-state index in [1.54, 1.807) is 4.90 Å². The van der Waals surface area contributed by atoms with Gasteiger partial charge < -0.3 is 14.5 Å². The molecule has 6 nitrogen and oxygen atoms in total. The Morgan fingerprint density at radius 1 is 1.17 bits per heavy atom. The standard InChI is InChI=1S/C14H19F3N4O2S/c15-14(16,17)11-9-18-13(24-11)21-3-1-19(2-4-21)10-12(22)20-5-7-23-8-6-20/h9H,1-8,10H2. The van der Waals surface area contributed by atoms with Crippen LogP contribution in [-0.2, 0) is 15.7 Å². The van der Waals surface area contributed by atoms with Crippen molar-refractivity contribution in [1.29, 1.82) is 0 Å². The van der Waals surface area contributed by atoms with Gasteiger partial charge in [0.15, 0.2) is 5.13 Å². The maximum absolute atomic E-state index is 12.6. The molecule has 24 heavy (non-hydrogen) atoms. The Labute approximate surface area is 141 Å². The predicted molar refractivity (Wildman–Crippen MR) is 83.2 cm³/mol. The van der Waals surface area contributed by atoms with Crippen LogP contribution >= 0.6 is 11.3 Å². The van der Waals surface area contributed by atoms with Gasteiger partial charge in [-0.25, -0.2) is 4.98 Å². The first-order valence-electron chi connectivity index (χ1n) is 7.79. The molecule has 0 saturated carbocycles. The van der Waals surface area contributed by atoms with Crippen LogP contribution in [0.2, 0.25) is 0 Å². The van der Waals surface area contributed by atoms with E-state index in [-0.39, 0.29) is 5.91 Å². The Hall–Kier alpha value is -1.39. The molecule has 3 rings (SSSR count). The smallest absolute Gasteiger partial charge is 0.378 e. The number of rotatable bonds is 3. The molecular formula is C14H19F3N4O2S. The molecule has 0 unspecified atom stereocenters. The molecule has 0 N–H and O–H groups in total. The van der Waals surface area contributed by atoms with Crippen molar-refractivity contribution >= 4 is 22.4 Å². The minimum absolute atomic E-state index is 0.0837. The van der Waals surface area contributed by atoms with E-state index in [2.05, 4.69) is 4.98 Å².